The van der Waals surface area contributed by atoms with Gasteiger partial charge in [0, 0.05) is 32.6 Å². The highest BCUT2D eigenvalue weighted by Gasteiger charge is 2.15. The third kappa shape index (κ3) is 7.33. The van der Waals surface area contributed by atoms with Crippen LogP contribution in [0.3, 0.4) is 0 Å². The Balaban J connectivity index is 0.00000338. The second-order valence-electron chi connectivity index (χ2n) is 6.45. The molecule has 2 aromatic rings. The van der Waals surface area contributed by atoms with E-state index in [2.05, 4.69) is 51.9 Å². The molecule has 26 heavy (non-hydrogen) atoms. The van der Waals surface area contributed by atoms with Gasteiger partial charge in [-0.2, -0.15) is 5.10 Å². The minimum absolute atomic E-state index is 0. The molecule has 0 radical (unpaired) electrons. The number of hydrogen-bond acceptors (Lipinski definition) is 3. The Kier molecular flexibility index (Phi) is 9.64. The molecule has 2 N–H and O–H groups in total. The van der Waals surface area contributed by atoms with Crippen molar-refractivity contribution in [3.8, 4) is 5.69 Å². The van der Waals surface area contributed by atoms with Gasteiger partial charge in [-0.3, -0.25) is 4.99 Å². The summed E-state index contributed by atoms with van der Waals surface area (Å²) in [4.78, 5) is 4.59. The van der Waals surface area contributed by atoms with Crippen molar-refractivity contribution in [1.29, 1.82) is 0 Å². The van der Waals surface area contributed by atoms with Crippen molar-refractivity contribution in [2.45, 2.75) is 32.8 Å². The molecule has 0 saturated carbocycles. The van der Waals surface area contributed by atoms with Crippen LogP contribution in [0.1, 0.15) is 26.3 Å². The van der Waals surface area contributed by atoms with Crippen molar-refractivity contribution in [3.63, 3.8) is 0 Å². The van der Waals surface area contributed by atoms with E-state index in [0.29, 0.717) is 6.54 Å². The lowest BCUT2D eigenvalue weighted by atomic mass is 10.1. The minimum Gasteiger partial charge on any atom is -0.377 e. The Hall–Kier alpha value is -1.61. The van der Waals surface area contributed by atoms with Crippen LogP contribution in [0.25, 0.3) is 5.69 Å². The van der Waals surface area contributed by atoms with Gasteiger partial charge in [-0.15, -0.1) is 24.0 Å². The minimum atomic E-state index is -0.259. The third-order valence-electron chi connectivity index (χ3n) is 3.93. The van der Waals surface area contributed by atoms with E-state index in [0.717, 1.165) is 31.2 Å². The van der Waals surface area contributed by atoms with Gasteiger partial charge in [-0.1, -0.05) is 12.1 Å². The van der Waals surface area contributed by atoms with Gasteiger partial charge in [0.1, 0.15) is 0 Å². The van der Waals surface area contributed by atoms with Crippen LogP contribution in [-0.2, 0) is 11.2 Å². The molecule has 0 unspecified atom stereocenters. The van der Waals surface area contributed by atoms with Crippen LogP contribution < -0.4 is 10.6 Å². The molecule has 1 aromatic carbocycles. The summed E-state index contributed by atoms with van der Waals surface area (Å²) in [5.41, 5.74) is 2.08. The van der Waals surface area contributed by atoms with E-state index in [9.17, 15) is 0 Å². The number of nitrogens with one attached hydrogen (secondary N) is 2. The number of hydrogen-bond donors (Lipinski definition) is 2. The van der Waals surface area contributed by atoms with Gasteiger partial charge in [0.25, 0.3) is 0 Å². The monoisotopic (exact) mass is 471 g/mol. The topological polar surface area (TPSA) is 63.5 Å². The number of aliphatic imine (C=N–C) groups is 1. The maximum atomic E-state index is 5.41. The van der Waals surface area contributed by atoms with E-state index in [1.54, 1.807) is 13.3 Å². The van der Waals surface area contributed by atoms with Crippen LogP contribution in [0, 0.1) is 0 Å². The number of methoxy groups -OCH3 is 1. The molecule has 0 fully saturated rings. The summed E-state index contributed by atoms with van der Waals surface area (Å²) < 4.78 is 7.27. The molecule has 0 atom stereocenters. The molecule has 0 aliphatic rings. The molecule has 144 valence electrons. The average molecular weight is 471 g/mol. The molecule has 0 spiro atoms. The second kappa shape index (κ2) is 11.2. The quantitative estimate of drug-likeness (QED) is 0.353. The number of guanidine groups is 1. The van der Waals surface area contributed by atoms with Gasteiger partial charge < -0.3 is 15.4 Å². The van der Waals surface area contributed by atoms with Crippen molar-refractivity contribution in [1.82, 2.24) is 20.4 Å². The predicted octanol–water partition coefficient (Wildman–Crippen LogP) is 3.01. The highest BCUT2D eigenvalue weighted by Crippen LogP contribution is 2.09. The van der Waals surface area contributed by atoms with E-state index in [-0.39, 0.29) is 29.6 Å². The fraction of sp³-hybridized carbons (Fsp3) is 0.474. The number of aromatic nitrogens is 2. The SMILES string of the molecule is CCNC(=NCC(C)(C)OC)NCCc1ccc(-n2cccn2)cc1.I. The summed E-state index contributed by atoms with van der Waals surface area (Å²) in [5.74, 6) is 0.820. The largest absolute Gasteiger partial charge is 0.377 e. The predicted molar refractivity (Wildman–Crippen MR) is 118 cm³/mol. The van der Waals surface area contributed by atoms with Crippen molar-refractivity contribution < 1.29 is 4.74 Å². The molecule has 1 aromatic heterocycles. The number of ether oxygens (including phenoxy) is 1. The first kappa shape index (κ1) is 22.4. The third-order valence-corrected chi connectivity index (χ3v) is 3.93. The zero-order valence-electron chi connectivity index (χ0n) is 16.0. The first-order valence-electron chi connectivity index (χ1n) is 8.70. The van der Waals surface area contributed by atoms with Gasteiger partial charge in [0.15, 0.2) is 5.96 Å². The van der Waals surface area contributed by atoms with Crippen LogP contribution in [-0.4, -0.2) is 48.1 Å². The van der Waals surface area contributed by atoms with Crippen molar-refractivity contribution in [3.05, 3.63) is 48.3 Å². The first-order chi connectivity index (χ1) is 12.0. The van der Waals surface area contributed by atoms with Gasteiger partial charge >= 0.3 is 0 Å². The summed E-state index contributed by atoms with van der Waals surface area (Å²) in [6, 6.07) is 10.4. The molecular weight excluding hydrogens is 441 g/mol. The smallest absolute Gasteiger partial charge is 0.191 e. The molecule has 0 amide bonds. The van der Waals surface area contributed by atoms with Crippen LogP contribution >= 0.6 is 24.0 Å². The number of rotatable bonds is 8. The van der Waals surface area contributed by atoms with Crippen molar-refractivity contribution in [2.24, 2.45) is 4.99 Å². The first-order valence-corrected chi connectivity index (χ1v) is 8.70. The summed E-state index contributed by atoms with van der Waals surface area (Å²) in [6.07, 6.45) is 4.65. The molecule has 0 aliphatic heterocycles. The van der Waals surface area contributed by atoms with E-state index < -0.39 is 0 Å². The lowest BCUT2D eigenvalue weighted by Crippen LogP contribution is -2.40. The second-order valence-corrected chi connectivity index (χ2v) is 6.45. The lowest BCUT2D eigenvalue weighted by molar-refractivity contribution is 0.0310. The highest BCUT2D eigenvalue weighted by molar-refractivity contribution is 14.0. The van der Waals surface area contributed by atoms with Crippen molar-refractivity contribution >= 4 is 29.9 Å². The Morgan fingerprint density at radius 1 is 1.23 bits per heavy atom. The molecule has 0 bridgehead atoms. The van der Waals surface area contributed by atoms with Gasteiger partial charge in [0.05, 0.1) is 17.8 Å². The fourth-order valence-corrected chi connectivity index (χ4v) is 2.24. The lowest BCUT2D eigenvalue weighted by Gasteiger charge is -2.21. The van der Waals surface area contributed by atoms with E-state index in [4.69, 9.17) is 4.74 Å². The van der Waals surface area contributed by atoms with E-state index in [1.165, 1.54) is 5.56 Å². The number of halogens is 1. The average Bonchev–Trinajstić information content (AvgIpc) is 3.15. The Morgan fingerprint density at radius 3 is 2.54 bits per heavy atom. The summed E-state index contributed by atoms with van der Waals surface area (Å²) in [7, 11) is 1.71. The molecule has 6 nitrogen and oxygen atoms in total. The Labute approximate surface area is 173 Å². The number of benzene rings is 1. The van der Waals surface area contributed by atoms with Crippen molar-refractivity contribution in [2.75, 3.05) is 26.7 Å². The normalized spacial score (nSPS) is 11.8. The maximum Gasteiger partial charge on any atom is 0.191 e. The van der Waals surface area contributed by atoms with Crippen LogP contribution in [0.15, 0.2) is 47.7 Å². The number of nitrogens with zero attached hydrogens (tertiary/aromatic N) is 3. The maximum absolute atomic E-state index is 5.41. The van der Waals surface area contributed by atoms with Crippen LogP contribution in [0.2, 0.25) is 0 Å². The Bertz CT molecular complexity index is 653. The zero-order valence-corrected chi connectivity index (χ0v) is 18.4. The van der Waals surface area contributed by atoms with E-state index >= 15 is 0 Å². The van der Waals surface area contributed by atoms with Gasteiger partial charge in [-0.05, 0) is 51.0 Å². The molecule has 7 heteroatoms. The highest BCUT2D eigenvalue weighted by atomic mass is 127. The van der Waals surface area contributed by atoms with E-state index in [1.807, 2.05) is 30.8 Å². The Morgan fingerprint density at radius 2 is 1.96 bits per heavy atom. The summed E-state index contributed by atoms with van der Waals surface area (Å²) >= 11 is 0. The molecule has 0 saturated heterocycles. The molecule has 2 rings (SSSR count). The standard InChI is InChI=1S/C19H29N5O.HI/c1-5-20-18(22-15-19(2,3)25-4)21-13-11-16-7-9-17(10-8-16)24-14-6-12-23-24;/h6-10,12,14H,5,11,13,15H2,1-4H3,(H2,20,21,22);1H. The molecule has 1 heterocycles. The molecule has 0 aliphatic carbocycles. The fourth-order valence-electron chi connectivity index (χ4n) is 2.24. The van der Waals surface area contributed by atoms with Gasteiger partial charge in [-0.25, -0.2) is 4.68 Å². The summed E-state index contributed by atoms with van der Waals surface area (Å²) in [6.45, 7) is 8.38. The van der Waals surface area contributed by atoms with Gasteiger partial charge in [0.2, 0.25) is 0 Å². The zero-order chi connectivity index (χ0) is 18.1. The van der Waals surface area contributed by atoms with Crippen LogP contribution in [0.5, 0.6) is 0 Å². The summed E-state index contributed by atoms with van der Waals surface area (Å²) in [5, 5.41) is 10.9. The molecular formula is C19H30IN5O. The van der Waals surface area contributed by atoms with Crippen LogP contribution in [0.4, 0.5) is 0 Å².